The van der Waals surface area contributed by atoms with Crippen molar-refractivity contribution in [1.82, 2.24) is 4.98 Å². The van der Waals surface area contributed by atoms with Crippen LogP contribution in [0, 0.1) is 0 Å². The molecule has 3 N–H and O–H groups in total. The molecule has 1 aromatic heterocycles. The highest BCUT2D eigenvalue weighted by molar-refractivity contribution is 7.92. The highest BCUT2D eigenvalue weighted by Gasteiger charge is 2.39. The first kappa shape index (κ1) is 17.4. The molecule has 9 heteroatoms. The number of benzene rings is 1. The van der Waals surface area contributed by atoms with Gasteiger partial charge >= 0.3 is 11.9 Å². The van der Waals surface area contributed by atoms with Gasteiger partial charge in [0.2, 0.25) is 5.78 Å². The number of aliphatic carboxylic acids is 2. The minimum Gasteiger partial charge on any atom is -0.480 e. The van der Waals surface area contributed by atoms with Crippen LogP contribution in [-0.4, -0.2) is 46.6 Å². The van der Waals surface area contributed by atoms with Crippen molar-refractivity contribution in [3.63, 3.8) is 0 Å². The second-order valence-electron chi connectivity index (χ2n) is 4.96. The van der Waals surface area contributed by atoms with Crippen LogP contribution >= 0.6 is 0 Å². The third-order valence-electron chi connectivity index (χ3n) is 3.19. The first-order chi connectivity index (χ1) is 11.2. The summed E-state index contributed by atoms with van der Waals surface area (Å²) >= 11 is 0. The third-order valence-corrected chi connectivity index (χ3v) is 5.03. The summed E-state index contributed by atoms with van der Waals surface area (Å²) in [4.78, 5) is 36.5. The molecule has 0 bridgehead atoms. The second-order valence-corrected chi connectivity index (χ2v) is 7.04. The van der Waals surface area contributed by atoms with Gasteiger partial charge in [0.1, 0.15) is 0 Å². The summed E-state index contributed by atoms with van der Waals surface area (Å²) in [6.07, 6.45) is 0. The molecule has 2 rings (SSSR count). The van der Waals surface area contributed by atoms with Crippen LogP contribution in [0.25, 0.3) is 0 Å². The normalized spacial score (nSPS) is 11.4. The summed E-state index contributed by atoms with van der Waals surface area (Å²) in [5, 5.41) is 15.0. The molecule has 126 valence electrons. The fraction of sp³-hybridized carbons (Fsp3) is 0.133. The van der Waals surface area contributed by atoms with E-state index >= 15 is 0 Å². The number of hydrogen-bond acceptors (Lipinski definition) is 5. The lowest BCUT2D eigenvalue weighted by Gasteiger charge is -2.08. The van der Waals surface area contributed by atoms with Crippen LogP contribution in [0.2, 0.25) is 0 Å². The molecule has 1 heterocycles. The number of H-pyrrole nitrogens is 1. The predicted octanol–water partition coefficient (Wildman–Crippen LogP) is 0.698. The molecule has 0 saturated heterocycles. The molecule has 0 aliphatic heterocycles. The van der Waals surface area contributed by atoms with Gasteiger partial charge in [0.05, 0.1) is 11.4 Å². The number of carbonyl (C=O) groups excluding carboxylic acids is 1. The summed E-state index contributed by atoms with van der Waals surface area (Å²) in [6, 6.07) is 10.9. The van der Waals surface area contributed by atoms with Crippen molar-refractivity contribution in [1.29, 1.82) is 0 Å². The van der Waals surface area contributed by atoms with E-state index in [9.17, 15) is 22.8 Å². The Morgan fingerprint density at radius 3 is 2.08 bits per heavy atom. The largest absolute Gasteiger partial charge is 0.480 e. The maximum absolute atomic E-state index is 12.2. The zero-order valence-corrected chi connectivity index (χ0v) is 13.0. The molecule has 8 nitrogen and oxygen atoms in total. The highest BCUT2D eigenvalue weighted by atomic mass is 32.2. The molecule has 0 atom stereocenters. The Morgan fingerprint density at radius 2 is 1.54 bits per heavy atom. The Hall–Kier alpha value is -2.94. The Morgan fingerprint density at radius 1 is 0.958 bits per heavy atom. The van der Waals surface area contributed by atoms with Crippen molar-refractivity contribution in [3.8, 4) is 0 Å². The molecule has 0 radical (unpaired) electrons. The number of hydrogen-bond donors (Lipinski definition) is 3. The number of carboxylic acids is 2. The van der Waals surface area contributed by atoms with E-state index in [0.29, 0.717) is 5.56 Å². The summed E-state index contributed by atoms with van der Waals surface area (Å²) in [7, 11) is -4.49. The van der Waals surface area contributed by atoms with E-state index in [0.717, 1.165) is 0 Å². The zero-order chi connectivity index (χ0) is 17.9. The van der Waals surface area contributed by atoms with Gasteiger partial charge in [0.15, 0.2) is 9.84 Å². The SMILES string of the molecule is O=C(c1ccccc1)c1ccc(CS(=O)(=O)C(C(=O)O)C(=O)O)[nH]1. The van der Waals surface area contributed by atoms with Crippen LogP contribution in [0.4, 0.5) is 0 Å². The maximum atomic E-state index is 12.2. The first-order valence-electron chi connectivity index (χ1n) is 6.67. The van der Waals surface area contributed by atoms with Crippen molar-refractivity contribution in [2.45, 2.75) is 11.0 Å². The number of sulfone groups is 1. The molecule has 0 aliphatic rings. The zero-order valence-electron chi connectivity index (χ0n) is 12.2. The Kier molecular flexibility index (Phi) is 4.84. The van der Waals surface area contributed by atoms with Crippen molar-refractivity contribution in [2.75, 3.05) is 0 Å². The number of nitrogens with one attached hydrogen (secondary N) is 1. The van der Waals surface area contributed by atoms with Crippen LogP contribution in [0.15, 0.2) is 42.5 Å². The first-order valence-corrected chi connectivity index (χ1v) is 8.38. The molecule has 0 fully saturated rings. The molecular weight excluding hydrogens is 338 g/mol. The molecule has 0 unspecified atom stereocenters. The summed E-state index contributed by atoms with van der Waals surface area (Å²) < 4.78 is 23.9. The van der Waals surface area contributed by atoms with Crippen LogP contribution in [0.5, 0.6) is 0 Å². The van der Waals surface area contributed by atoms with Crippen molar-refractivity contribution in [3.05, 3.63) is 59.4 Å². The smallest absolute Gasteiger partial charge is 0.333 e. The monoisotopic (exact) mass is 351 g/mol. The summed E-state index contributed by atoms with van der Waals surface area (Å²) in [5.74, 6) is -5.13. The lowest BCUT2D eigenvalue weighted by atomic mass is 10.1. The Balaban J connectivity index is 2.24. The van der Waals surface area contributed by atoms with Gasteiger partial charge in [-0.15, -0.1) is 0 Å². The summed E-state index contributed by atoms with van der Waals surface area (Å²) in [6.45, 7) is 0. The van der Waals surface area contributed by atoms with E-state index in [1.54, 1.807) is 30.3 Å². The van der Waals surface area contributed by atoms with E-state index in [2.05, 4.69) is 4.98 Å². The van der Waals surface area contributed by atoms with Gasteiger partial charge in [-0.05, 0) is 12.1 Å². The van der Waals surface area contributed by atoms with Gasteiger partial charge in [-0.3, -0.25) is 14.4 Å². The van der Waals surface area contributed by atoms with Crippen molar-refractivity contribution >= 4 is 27.6 Å². The number of carbonyl (C=O) groups is 3. The Bertz CT molecular complexity index is 870. The Labute approximate surface area is 136 Å². The average molecular weight is 351 g/mol. The van der Waals surface area contributed by atoms with Crippen molar-refractivity contribution < 1.29 is 33.0 Å². The van der Waals surface area contributed by atoms with Crippen LogP contribution < -0.4 is 0 Å². The van der Waals surface area contributed by atoms with Gasteiger partial charge in [-0.2, -0.15) is 0 Å². The van der Waals surface area contributed by atoms with Gasteiger partial charge in [0, 0.05) is 11.3 Å². The quantitative estimate of drug-likeness (QED) is 0.492. The average Bonchev–Trinajstić information content (AvgIpc) is 2.93. The molecule has 24 heavy (non-hydrogen) atoms. The molecule has 1 aromatic carbocycles. The number of carboxylic acid groups (broad SMARTS) is 2. The van der Waals surface area contributed by atoms with Crippen molar-refractivity contribution in [2.24, 2.45) is 0 Å². The van der Waals surface area contributed by atoms with Gasteiger partial charge < -0.3 is 15.2 Å². The number of aromatic nitrogens is 1. The minimum atomic E-state index is -4.49. The van der Waals surface area contributed by atoms with E-state index in [1.165, 1.54) is 12.1 Å². The maximum Gasteiger partial charge on any atom is 0.333 e. The molecule has 0 saturated carbocycles. The molecule has 0 amide bonds. The van der Waals surface area contributed by atoms with Gasteiger partial charge in [-0.25, -0.2) is 8.42 Å². The molecule has 0 spiro atoms. The highest BCUT2D eigenvalue weighted by Crippen LogP contribution is 2.15. The summed E-state index contributed by atoms with van der Waals surface area (Å²) in [5.41, 5.74) is 0.540. The van der Waals surface area contributed by atoms with Gasteiger partial charge in [-0.1, -0.05) is 30.3 Å². The van der Waals surface area contributed by atoms with E-state index in [4.69, 9.17) is 10.2 Å². The number of aromatic amines is 1. The topological polar surface area (TPSA) is 142 Å². The van der Waals surface area contributed by atoms with E-state index in [1.807, 2.05) is 0 Å². The lowest BCUT2D eigenvalue weighted by molar-refractivity contribution is -0.146. The standard InChI is InChI=1S/C15H13NO7S/c17-12(9-4-2-1-3-5-9)11-7-6-10(16-11)8-24(22,23)13(14(18)19)15(20)21/h1-7,13,16H,8H2,(H,18,19)(H,20,21). The lowest BCUT2D eigenvalue weighted by Crippen LogP contribution is -2.38. The van der Waals surface area contributed by atoms with Crippen LogP contribution in [0.3, 0.4) is 0 Å². The number of rotatable bonds is 7. The van der Waals surface area contributed by atoms with Gasteiger partial charge in [0.25, 0.3) is 5.25 Å². The van der Waals surface area contributed by atoms with Crippen LogP contribution in [-0.2, 0) is 25.2 Å². The third kappa shape index (κ3) is 3.69. The fourth-order valence-corrected chi connectivity index (χ4v) is 3.50. The molecular formula is C15H13NO7S. The van der Waals surface area contributed by atoms with E-state index < -0.39 is 32.8 Å². The second kappa shape index (κ2) is 6.67. The predicted molar refractivity (Wildman–Crippen MR) is 82.4 cm³/mol. The fourth-order valence-electron chi connectivity index (χ4n) is 2.11. The molecule has 2 aromatic rings. The van der Waals surface area contributed by atoms with Crippen LogP contribution in [0.1, 0.15) is 21.7 Å². The van der Waals surface area contributed by atoms with E-state index in [-0.39, 0.29) is 17.2 Å². The molecule has 0 aliphatic carbocycles. The minimum absolute atomic E-state index is 0.0294. The number of ketones is 1.